The molecule has 0 atom stereocenters. The van der Waals surface area contributed by atoms with Crippen molar-refractivity contribution >= 4 is 0 Å². The number of rotatable bonds is 0. The Hall–Kier alpha value is -1.38. The van der Waals surface area contributed by atoms with Gasteiger partial charge in [-0.25, -0.2) is 9.97 Å². The summed E-state index contributed by atoms with van der Waals surface area (Å²) in [5.74, 6) is 0. The Bertz CT molecular complexity index is 248. The van der Waals surface area contributed by atoms with Gasteiger partial charge in [0.1, 0.15) is 5.69 Å². The number of aromatic amines is 1. The molecule has 2 aliphatic heterocycles. The van der Waals surface area contributed by atoms with Gasteiger partial charge in [-0.15, -0.1) is 0 Å². The lowest BCUT2D eigenvalue weighted by Crippen LogP contribution is -1.81. The van der Waals surface area contributed by atoms with Gasteiger partial charge in [0.15, 0.2) is 0 Å². The van der Waals surface area contributed by atoms with Crippen LogP contribution in [-0.2, 0) is 0 Å². The van der Waals surface area contributed by atoms with Crippen molar-refractivity contribution in [2.24, 2.45) is 0 Å². The highest BCUT2D eigenvalue weighted by Crippen LogP contribution is 2.11. The fourth-order valence-corrected chi connectivity index (χ4v) is 0.729. The first-order chi connectivity index (χ1) is 4.47. The van der Waals surface area contributed by atoms with Crippen LogP contribution in [0.2, 0.25) is 0 Å². The van der Waals surface area contributed by atoms with E-state index < -0.39 is 0 Å². The third-order valence-corrected chi connectivity index (χ3v) is 1.16. The van der Waals surface area contributed by atoms with E-state index in [1.807, 2.05) is 0 Å². The summed E-state index contributed by atoms with van der Waals surface area (Å²) in [4.78, 5) is 10.7. The summed E-state index contributed by atoms with van der Waals surface area (Å²) in [5, 5.41) is 0. The molecule has 43 valence electrons. The first-order valence-electron chi connectivity index (χ1n) is 2.62. The van der Waals surface area contributed by atoms with Crippen LogP contribution >= 0.6 is 0 Å². The van der Waals surface area contributed by atoms with Crippen LogP contribution in [0.5, 0.6) is 0 Å². The summed E-state index contributed by atoms with van der Waals surface area (Å²) in [7, 11) is 0. The van der Waals surface area contributed by atoms with Gasteiger partial charge in [-0.05, 0) is 6.07 Å². The van der Waals surface area contributed by atoms with E-state index in [1.165, 1.54) is 0 Å². The zero-order valence-electron chi connectivity index (χ0n) is 4.63. The van der Waals surface area contributed by atoms with E-state index in [2.05, 4.69) is 21.1 Å². The van der Waals surface area contributed by atoms with Gasteiger partial charge in [-0.2, -0.15) is 0 Å². The normalized spacial score (nSPS) is 10.2. The third-order valence-electron chi connectivity index (χ3n) is 1.16. The fourth-order valence-electron chi connectivity index (χ4n) is 0.729. The van der Waals surface area contributed by atoms with Crippen LogP contribution in [0.25, 0.3) is 11.4 Å². The number of aromatic nitrogens is 3. The molecule has 0 spiro atoms. The maximum absolute atomic E-state index is 3.90. The molecule has 2 aliphatic rings. The standard InChI is InChI=1S/C6H4N3/c1-2-8-6-3-7-4-9-5(1)6/h1,3-4H,(H,7,9). The molecule has 0 fully saturated rings. The van der Waals surface area contributed by atoms with Gasteiger partial charge in [-0.3, -0.25) is 0 Å². The first-order valence-corrected chi connectivity index (χ1v) is 2.62. The molecule has 0 aromatic heterocycles. The molecule has 0 unspecified atom stereocenters. The average molecular weight is 118 g/mol. The molecular formula is C6H4N3. The molecule has 1 N–H and O–H groups in total. The summed E-state index contributed by atoms with van der Waals surface area (Å²) in [6.07, 6.45) is 6.04. The number of hydrogen-bond acceptors (Lipinski definition) is 2. The van der Waals surface area contributed by atoms with Crippen LogP contribution in [0.4, 0.5) is 0 Å². The van der Waals surface area contributed by atoms with Gasteiger partial charge < -0.3 is 4.98 Å². The Morgan fingerprint density at radius 2 is 2.56 bits per heavy atom. The van der Waals surface area contributed by atoms with E-state index in [1.54, 1.807) is 18.6 Å². The minimum atomic E-state index is 0.859. The largest absolute Gasteiger partial charge is 0.345 e. The summed E-state index contributed by atoms with van der Waals surface area (Å²) >= 11 is 0. The Morgan fingerprint density at radius 1 is 1.56 bits per heavy atom. The second-order valence-corrected chi connectivity index (χ2v) is 1.74. The van der Waals surface area contributed by atoms with E-state index in [4.69, 9.17) is 0 Å². The molecule has 0 aromatic carbocycles. The highest BCUT2D eigenvalue weighted by Gasteiger charge is 1.99. The summed E-state index contributed by atoms with van der Waals surface area (Å²) in [6.45, 7) is 0. The van der Waals surface area contributed by atoms with E-state index >= 15 is 0 Å². The lowest BCUT2D eigenvalue weighted by molar-refractivity contribution is 1.15. The van der Waals surface area contributed by atoms with Gasteiger partial charge in [0, 0.05) is 0 Å². The number of H-pyrrole nitrogens is 1. The second kappa shape index (κ2) is 1.55. The SMILES string of the molecule is [c]1cc2[nH]cncc-2n1. The van der Waals surface area contributed by atoms with Crippen molar-refractivity contribution in [1.29, 1.82) is 0 Å². The van der Waals surface area contributed by atoms with Crippen LogP contribution in [0.3, 0.4) is 0 Å². The van der Waals surface area contributed by atoms with Crippen molar-refractivity contribution in [3.05, 3.63) is 24.8 Å². The van der Waals surface area contributed by atoms with Crippen molar-refractivity contribution < 1.29 is 0 Å². The molecule has 0 bridgehead atoms. The molecule has 0 aliphatic carbocycles. The molecule has 3 heteroatoms. The molecule has 2 heterocycles. The Balaban J connectivity index is 2.79. The van der Waals surface area contributed by atoms with Crippen molar-refractivity contribution in [3.63, 3.8) is 0 Å². The highest BCUT2D eigenvalue weighted by atomic mass is 14.9. The summed E-state index contributed by atoms with van der Waals surface area (Å²) in [6, 6.07) is 1.79. The molecule has 0 saturated heterocycles. The highest BCUT2D eigenvalue weighted by molar-refractivity contribution is 5.53. The quantitative estimate of drug-likeness (QED) is 0.553. The zero-order chi connectivity index (χ0) is 6.10. The number of nitrogens with one attached hydrogen (secondary N) is 1. The van der Waals surface area contributed by atoms with Gasteiger partial charge in [-0.1, -0.05) is 0 Å². The summed E-state index contributed by atoms with van der Waals surface area (Å²) in [5.41, 5.74) is 1.84. The van der Waals surface area contributed by atoms with Gasteiger partial charge >= 0.3 is 0 Å². The monoisotopic (exact) mass is 118 g/mol. The average Bonchev–Trinajstić information content (AvgIpc) is 2.33. The molecule has 3 nitrogen and oxygen atoms in total. The first kappa shape index (κ1) is 4.49. The van der Waals surface area contributed by atoms with Gasteiger partial charge in [0.2, 0.25) is 0 Å². The van der Waals surface area contributed by atoms with E-state index in [0.717, 1.165) is 11.4 Å². The van der Waals surface area contributed by atoms with E-state index in [9.17, 15) is 0 Å². The van der Waals surface area contributed by atoms with Crippen molar-refractivity contribution in [2.75, 3.05) is 0 Å². The maximum atomic E-state index is 3.90. The van der Waals surface area contributed by atoms with Crippen LogP contribution in [0.15, 0.2) is 18.6 Å². The molecule has 1 radical (unpaired) electrons. The van der Waals surface area contributed by atoms with Crippen LogP contribution in [0, 0.1) is 6.20 Å². The number of hydrogen-bond donors (Lipinski definition) is 1. The minimum Gasteiger partial charge on any atom is -0.345 e. The van der Waals surface area contributed by atoms with E-state index in [0.29, 0.717) is 0 Å². The van der Waals surface area contributed by atoms with Crippen molar-refractivity contribution in [2.45, 2.75) is 0 Å². The topological polar surface area (TPSA) is 41.6 Å². The third kappa shape index (κ3) is 0.579. The molecule has 0 saturated carbocycles. The Morgan fingerprint density at radius 3 is 3.44 bits per heavy atom. The molecule has 9 heavy (non-hydrogen) atoms. The predicted molar refractivity (Wildman–Crippen MR) is 31.8 cm³/mol. The van der Waals surface area contributed by atoms with Gasteiger partial charge in [0.25, 0.3) is 0 Å². The zero-order valence-corrected chi connectivity index (χ0v) is 4.63. The lowest BCUT2D eigenvalue weighted by atomic mass is 10.3. The Kier molecular flexibility index (Phi) is 0.773. The van der Waals surface area contributed by atoms with Crippen molar-refractivity contribution in [1.82, 2.24) is 15.0 Å². The Labute approximate surface area is 52.1 Å². The summed E-state index contributed by atoms with van der Waals surface area (Å²) < 4.78 is 0. The number of fused-ring (bicyclic) bond motifs is 1. The van der Waals surface area contributed by atoms with E-state index in [-0.39, 0.29) is 0 Å². The molecule has 2 rings (SSSR count). The number of nitrogens with zero attached hydrogens (tertiary/aromatic N) is 2. The molecule has 0 amide bonds. The second-order valence-electron chi connectivity index (χ2n) is 1.74. The van der Waals surface area contributed by atoms with Crippen LogP contribution in [-0.4, -0.2) is 15.0 Å². The van der Waals surface area contributed by atoms with Crippen LogP contribution in [0.1, 0.15) is 0 Å². The smallest absolute Gasteiger partial charge is 0.106 e. The van der Waals surface area contributed by atoms with Crippen LogP contribution < -0.4 is 0 Å². The minimum absolute atomic E-state index is 0.859. The van der Waals surface area contributed by atoms with Crippen molar-refractivity contribution in [3.8, 4) is 11.4 Å². The van der Waals surface area contributed by atoms with Gasteiger partial charge in [0.05, 0.1) is 24.4 Å². The fraction of sp³-hybridized carbons (Fsp3) is 0. The predicted octanol–water partition coefficient (Wildman–Crippen LogP) is 0.710. The molecule has 0 aromatic rings. The maximum Gasteiger partial charge on any atom is 0.106 e. The molecular weight excluding hydrogens is 114 g/mol. The lowest BCUT2D eigenvalue weighted by Gasteiger charge is -1.91.